The molecule has 0 aromatic carbocycles. The van der Waals surface area contributed by atoms with E-state index in [4.69, 9.17) is 4.42 Å². The van der Waals surface area contributed by atoms with Crippen LogP contribution in [0, 0.1) is 6.92 Å². The van der Waals surface area contributed by atoms with Gasteiger partial charge in [0.05, 0.1) is 0 Å². The first-order valence-electron chi connectivity index (χ1n) is 4.37. The number of nitrogens with one attached hydrogen (secondary N) is 1. The van der Waals surface area contributed by atoms with Gasteiger partial charge in [-0.25, -0.2) is 0 Å². The molecule has 0 saturated heterocycles. The summed E-state index contributed by atoms with van der Waals surface area (Å²) in [7, 11) is 0. The van der Waals surface area contributed by atoms with E-state index in [0.717, 1.165) is 0 Å². The van der Waals surface area contributed by atoms with E-state index in [1.165, 1.54) is 11.8 Å². The second-order valence-corrected chi connectivity index (χ2v) is 5.83. The molecule has 0 spiro atoms. The summed E-state index contributed by atoms with van der Waals surface area (Å²) in [4.78, 5) is 23.8. The molecule has 4 nitrogen and oxygen atoms in total. The molecule has 0 aliphatic heterocycles. The van der Waals surface area contributed by atoms with E-state index in [-0.39, 0.29) is 11.5 Å². The van der Waals surface area contributed by atoms with Gasteiger partial charge in [-0.3, -0.25) is 0 Å². The fourth-order valence-corrected chi connectivity index (χ4v) is 2.82. The van der Waals surface area contributed by atoms with Crippen LogP contribution in [0.25, 0.3) is 0 Å². The van der Waals surface area contributed by atoms with Crippen molar-refractivity contribution in [1.82, 2.24) is 2.45 Å². The van der Waals surface area contributed by atoms with Gasteiger partial charge in [0.15, 0.2) is 0 Å². The Hall–Kier alpha value is -0.126. The normalized spacial score (nSPS) is 9.53. The average molecular weight is 302 g/mol. The number of carbonyl (C=O) groups excluding carboxylic acids is 1. The summed E-state index contributed by atoms with van der Waals surface area (Å²) >= 11 is 0.357. The Labute approximate surface area is 108 Å². The van der Waals surface area contributed by atoms with Crippen LogP contribution in [0.5, 0.6) is 0 Å². The molecule has 0 atom stereocenters. The molecule has 1 amide bonds. The maximum atomic E-state index is 11.6. The van der Waals surface area contributed by atoms with Crippen molar-refractivity contribution in [2.75, 3.05) is 6.26 Å². The summed E-state index contributed by atoms with van der Waals surface area (Å²) in [5, 5.41) is 0. The first kappa shape index (κ1) is 12.9. The second kappa shape index (κ2) is 5.82. The third-order valence-corrected chi connectivity index (χ3v) is 3.88. The van der Waals surface area contributed by atoms with Crippen molar-refractivity contribution >= 4 is 17.7 Å². The van der Waals surface area contributed by atoms with Crippen LogP contribution < -0.4 is 8.08 Å². The Kier molecular flexibility index (Phi) is 5.02. The second-order valence-electron chi connectivity index (χ2n) is 2.85. The van der Waals surface area contributed by atoms with Crippen molar-refractivity contribution in [2.45, 2.75) is 15.6 Å². The van der Waals surface area contributed by atoms with Crippen LogP contribution >= 0.6 is 11.8 Å². The molecule has 1 rings (SSSR count). The van der Waals surface area contributed by atoms with Crippen LogP contribution in [0.3, 0.4) is 0 Å². The van der Waals surface area contributed by atoms with Crippen LogP contribution in [0.15, 0.2) is 20.2 Å². The Balaban J connectivity index is 3.27. The van der Waals surface area contributed by atoms with Crippen LogP contribution in [0.4, 0.5) is 0 Å². The van der Waals surface area contributed by atoms with E-state index >= 15 is 0 Å². The van der Waals surface area contributed by atoms with Crippen molar-refractivity contribution in [3.05, 3.63) is 27.8 Å². The van der Waals surface area contributed by atoms with E-state index in [1.807, 2.05) is 9.99 Å². The maximum absolute atomic E-state index is 11.6. The van der Waals surface area contributed by atoms with Crippen molar-refractivity contribution in [1.29, 1.82) is 0 Å². The summed E-state index contributed by atoms with van der Waals surface area (Å²) in [5.41, 5.74) is -0.408. The van der Waals surface area contributed by atoms with E-state index < -0.39 is 35.2 Å². The fraction of sp³-hybridized carbons (Fsp3) is 0.333. The zero-order valence-electron chi connectivity index (χ0n) is 8.79. The quantitative estimate of drug-likeness (QED) is 0.859. The fourth-order valence-electron chi connectivity index (χ4n) is 1.15. The summed E-state index contributed by atoms with van der Waals surface area (Å²) in [6, 6.07) is 1.71. The molecule has 79 valence electrons. The molecule has 1 N–H and O–H groups in total. The van der Waals surface area contributed by atoms with Gasteiger partial charge in [0.2, 0.25) is 0 Å². The molecule has 15 heavy (non-hydrogen) atoms. The summed E-state index contributed by atoms with van der Waals surface area (Å²) in [6.45, 7) is 1.70. The Morgan fingerprint density at radius 3 is 2.80 bits per heavy atom. The number of rotatable bonds is 3. The number of hydrogen-bond acceptors (Lipinski definition) is 4. The number of hydrogen-bond donors (Lipinski definition) is 1. The van der Waals surface area contributed by atoms with Crippen molar-refractivity contribution in [2.24, 2.45) is 0 Å². The molecule has 6 heteroatoms. The molecule has 1 aromatic rings. The van der Waals surface area contributed by atoms with Crippen LogP contribution in [-0.2, 0) is 29.5 Å². The zero-order chi connectivity index (χ0) is 11.4. The van der Waals surface area contributed by atoms with Gasteiger partial charge in [-0.05, 0) is 0 Å². The van der Waals surface area contributed by atoms with Crippen LogP contribution in [-0.4, -0.2) is 12.2 Å². The minimum atomic E-state index is -1.02. The SMILES string of the molecule is CSc1cc(C)oc(=O)c1C(=O)[NH][Y][CH3]. The van der Waals surface area contributed by atoms with Gasteiger partial charge < -0.3 is 0 Å². The molecule has 0 unspecified atom stereocenters. The topological polar surface area (TPSA) is 59.3 Å². The van der Waals surface area contributed by atoms with Gasteiger partial charge in [0.25, 0.3) is 0 Å². The molecule has 0 bridgehead atoms. The molecule has 0 aliphatic rings. The molecular weight excluding hydrogens is 291 g/mol. The summed E-state index contributed by atoms with van der Waals surface area (Å²) in [6.07, 6.45) is 1.83. The number of aryl methyl sites for hydroxylation is 1. The minimum absolute atomic E-state index is 0.140. The first-order chi connectivity index (χ1) is 7.10. The number of amides is 1. The summed E-state index contributed by atoms with van der Waals surface area (Å²) < 4.78 is 9.67. The Morgan fingerprint density at radius 2 is 2.27 bits per heavy atom. The van der Waals surface area contributed by atoms with E-state index in [0.29, 0.717) is 10.7 Å². The monoisotopic (exact) mass is 302 g/mol. The average Bonchev–Trinajstić information content (AvgIpc) is 2.16. The third kappa shape index (κ3) is 3.16. The van der Waals surface area contributed by atoms with Crippen LogP contribution in [0.1, 0.15) is 16.1 Å². The van der Waals surface area contributed by atoms with Gasteiger partial charge >= 0.3 is 108 Å². The molecule has 0 radical (unpaired) electrons. The zero-order valence-corrected chi connectivity index (χ0v) is 12.4. The van der Waals surface area contributed by atoms with Crippen LogP contribution in [0.2, 0.25) is 3.73 Å². The standard InChI is InChI=1S/C8H9NO3S.CH3.Y/c1-4-3-5(13-2)6(7(9)10)8(11)12-4;;/h3H,1-2H3,(H2,9,10);1H3;/q;;+1/p-1. The molecular formula is C9H11NO3SY. The molecule has 0 aliphatic carbocycles. The van der Waals surface area contributed by atoms with Gasteiger partial charge in [0, 0.05) is 0 Å². The van der Waals surface area contributed by atoms with Gasteiger partial charge in [-0.1, -0.05) is 0 Å². The third-order valence-electron chi connectivity index (χ3n) is 1.76. The van der Waals surface area contributed by atoms with Crippen molar-refractivity contribution < 1.29 is 38.7 Å². The number of carbonyl (C=O) groups is 1. The number of thioether (sulfide) groups is 1. The van der Waals surface area contributed by atoms with E-state index in [9.17, 15) is 9.59 Å². The Morgan fingerprint density at radius 1 is 1.60 bits per heavy atom. The van der Waals surface area contributed by atoms with E-state index in [2.05, 4.69) is 2.45 Å². The van der Waals surface area contributed by atoms with Gasteiger partial charge in [0.1, 0.15) is 0 Å². The van der Waals surface area contributed by atoms with Gasteiger partial charge in [-0.15, -0.1) is 0 Å². The summed E-state index contributed by atoms with van der Waals surface area (Å²) in [5.74, 6) is 0.232. The molecule has 0 fully saturated rings. The van der Waals surface area contributed by atoms with Crippen molar-refractivity contribution in [3.63, 3.8) is 0 Å². The van der Waals surface area contributed by atoms with Gasteiger partial charge in [-0.2, -0.15) is 0 Å². The first-order valence-corrected chi connectivity index (χ1v) is 9.85. The van der Waals surface area contributed by atoms with E-state index in [1.54, 1.807) is 13.0 Å². The Bertz CT molecular complexity index is 430. The molecule has 0 saturated carbocycles. The predicted molar refractivity (Wildman–Crippen MR) is 54.8 cm³/mol. The molecule has 1 aromatic heterocycles. The predicted octanol–water partition coefficient (Wildman–Crippen LogP) is 1.45. The molecule has 1 heterocycles. The van der Waals surface area contributed by atoms with Crippen molar-refractivity contribution in [3.8, 4) is 0 Å².